The molecule has 16 heavy (non-hydrogen) atoms. The maximum Gasteiger partial charge on any atom is 0.0681 e. The van der Waals surface area contributed by atoms with Crippen molar-refractivity contribution < 1.29 is 5.11 Å². The van der Waals surface area contributed by atoms with Crippen LogP contribution in [0.15, 0.2) is 42.6 Å². The van der Waals surface area contributed by atoms with Crippen LogP contribution in [0.5, 0.6) is 0 Å². The normalized spacial score (nSPS) is 10.4. The van der Waals surface area contributed by atoms with Crippen molar-refractivity contribution in [1.29, 1.82) is 0 Å². The zero-order valence-corrected chi connectivity index (χ0v) is 8.93. The Bertz CT molecular complexity index is 403. The molecule has 0 aliphatic heterocycles. The summed E-state index contributed by atoms with van der Waals surface area (Å²) >= 11 is 0. The molecule has 2 rings (SSSR count). The van der Waals surface area contributed by atoms with Crippen molar-refractivity contribution in [2.45, 2.75) is 13.2 Å². The Morgan fingerprint density at radius 1 is 1.00 bits per heavy atom. The zero-order chi connectivity index (χ0) is 11.4. The molecular weight excluding hydrogens is 200 g/mol. The highest BCUT2D eigenvalue weighted by molar-refractivity contribution is 5.62. The van der Waals surface area contributed by atoms with Crippen LogP contribution in [0.25, 0.3) is 11.1 Å². The van der Waals surface area contributed by atoms with Gasteiger partial charge in [-0.05, 0) is 17.2 Å². The number of pyridine rings is 1. The lowest BCUT2D eigenvalue weighted by Crippen LogP contribution is -1.98. The van der Waals surface area contributed by atoms with Crippen LogP contribution in [-0.4, -0.2) is 10.1 Å². The molecule has 3 nitrogen and oxygen atoms in total. The molecule has 82 valence electrons. The summed E-state index contributed by atoms with van der Waals surface area (Å²) in [5.41, 5.74) is 9.43. The quantitative estimate of drug-likeness (QED) is 0.817. The van der Waals surface area contributed by atoms with E-state index in [-0.39, 0.29) is 6.61 Å². The molecule has 3 heteroatoms. The van der Waals surface area contributed by atoms with Gasteiger partial charge in [0.05, 0.1) is 12.3 Å². The van der Waals surface area contributed by atoms with E-state index in [1.807, 2.05) is 42.6 Å². The smallest absolute Gasteiger partial charge is 0.0681 e. The van der Waals surface area contributed by atoms with Gasteiger partial charge >= 0.3 is 0 Å². The summed E-state index contributed by atoms with van der Waals surface area (Å²) < 4.78 is 0. The first-order valence-electron chi connectivity index (χ1n) is 5.18. The fourth-order valence-electron chi connectivity index (χ4n) is 1.52. The highest BCUT2D eigenvalue weighted by Crippen LogP contribution is 2.19. The number of nitrogens with two attached hydrogens (primary N) is 1. The third-order valence-corrected chi connectivity index (χ3v) is 2.50. The lowest BCUT2D eigenvalue weighted by atomic mass is 10.1. The van der Waals surface area contributed by atoms with E-state index >= 15 is 0 Å². The second-order valence-electron chi connectivity index (χ2n) is 3.60. The monoisotopic (exact) mass is 214 g/mol. The Balaban J connectivity index is 2.28. The van der Waals surface area contributed by atoms with E-state index in [9.17, 15) is 0 Å². The Kier molecular flexibility index (Phi) is 3.29. The van der Waals surface area contributed by atoms with Gasteiger partial charge in [0.25, 0.3) is 0 Å². The van der Waals surface area contributed by atoms with Gasteiger partial charge in [-0.3, -0.25) is 4.98 Å². The Labute approximate surface area is 94.6 Å². The molecule has 1 heterocycles. The van der Waals surface area contributed by atoms with E-state index in [1.165, 1.54) is 0 Å². The predicted octanol–water partition coefficient (Wildman–Crippen LogP) is 1.70. The second kappa shape index (κ2) is 4.88. The van der Waals surface area contributed by atoms with Crippen molar-refractivity contribution in [3.63, 3.8) is 0 Å². The molecule has 0 saturated heterocycles. The van der Waals surface area contributed by atoms with Gasteiger partial charge in [0.15, 0.2) is 0 Å². The van der Waals surface area contributed by atoms with Crippen LogP contribution in [-0.2, 0) is 13.2 Å². The van der Waals surface area contributed by atoms with Crippen LogP contribution < -0.4 is 5.73 Å². The molecule has 0 aliphatic rings. The van der Waals surface area contributed by atoms with E-state index in [1.54, 1.807) is 0 Å². The molecule has 1 aromatic heterocycles. The molecule has 0 saturated carbocycles. The van der Waals surface area contributed by atoms with E-state index in [2.05, 4.69) is 4.98 Å². The van der Waals surface area contributed by atoms with Crippen LogP contribution in [0.4, 0.5) is 0 Å². The minimum absolute atomic E-state index is 0.0740. The van der Waals surface area contributed by atoms with Crippen LogP contribution >= 0.6 is 0 Å². The van der Waals surface area contributed by atoms with Crippen molar-refractivity contribution in [2.75, 3.05) is 0 Å². The maximum absolute atomic E-state index is 8.94. The Morgan fingerprint density at radius 3 is 2.19 bits per heavy atom. The third-order valence-electron chi connectivity index (χ3n) is 2.50. The lowest BCUT2D eigenvalue weighted by molar-refractivity contribution is 0.282. The summed E-state index contributed by atoms with van der Waals surface area (Å²) in [6.45, 7) is 0.536. The van der Waals surface area contributed by atoms with Gasteiger partial charge in [0.2, 0.25) is 0 Å². The van der Waals surface area contributed by atoms with Crippen LogP contribution in [0, 0.1) is 0 Å². The first-order chi connectivity index (χ1) is 7.83. The molecule has 0 unspecified atom stereocenters. The molecular formula is C13H14N2O. The van der Waals surface area contributed by atoms with Gasteiger partial charge in [-0.25, -0.2) is 0 Å². The number of benzene rings is 1. The molecule has 1 aromatic carbocycles. The summed E-state index contributed by atoms with van der Waals surface area (Å²) in [7, 11) is 0. The Morgan fingerprint density at radius 2 is 1.69 bits per heavy atom. The van der Waals surface area contributed by atoms with Gasteiger partial charge in [0.1, 0.15) is 0 Å². The number of aromatic nitrogens is 1. The molecule has 0 atom stereocenters. The summed E-state index contributed by atoms with van der Waals surface area (Å²) in [5.74, 6) is 0. The molecule has 3 N–H and O–H groups in total. The van der Waals surface area contributed by atoms with E-state index in [0.717, 1.165) is 22.4 Å². The van der Waals surface area contributed by atoms with E-state index in [4.69, 9.17) is 10.8 Å². The number of rotatable bonds is 3. The van der Waals surface area contributed by atoms with Gasteiger partial charge in [-0.2, -0.15) is 0 Å². The molecule has 0 radical (unpaired) electrons. The first kappa shape index (κ1) is 10.8. The van der Waals surface area contributed by atoms with E-state index in [0.29, 0.717) is 6.54 Å². The molecule has 0 spiro atoms. The second-order valence-corrected chi connectivity index (χ2v) is 3.60. The third kappa shape index (κ3) is 2.27. The molecule has 2 aromatic rings. The largest absolute Gasteiger partial charge is 0.392 e. The Hall–Kier alpha value is -1.71. The summed E-state index contributed by atoms with van der Waals surface area (Å²) in [4.78, 5) is 4.24. The fourth-order valence-corrected chi connectivity index (χ4v) is 1.52. The summed E-state index contributed by atoms with van der Waals surface area (Å²) in [6, 6.07) is 11.7. The average molecular weight is 214 g/mol. The standard InChI is InChI=1S/C13H14N2O/c14-7-13-6-5-12(8-15-13)11-3-1-10(9-16)2-4-11/h1-6,8,16H,7,9,14H2. The van der Waals surface area contributed by atoms with Gasteiger partial charge in [0, 0.05) is 18.3 Å². The van der Waals surface area contributed by atoms with Crippen LogP contribution in [0.3, 0.4) is 0 Å². The number of aliphatic hydroxyl groups excluding tert-OH is 1. The number of hydrogen-bond donors (Lipinski definition) is 2. The van der Waals surface area contributed by atoms with Gasteiger partial charge in [-0.1, -0.05) is 30.3 Å². The zero-order valence-electron chi connectivity index (χ0n) is 8.93. The molecule has 0 fully saturated rings. The van der Waals surface area contributed by atoms with E-state index < -0.39 is 0 Å². The number of nitrogens with zero attached hydrogens (tertiary/aromatic N) is 1. The van der Waals surface area contributed by atoms with Gasteiger partial charge in [-0.15, -0.1) is 0 Å². The highest BCUT2D eigenvalue weighted by atomic mass is 16.3. The van der Waals surface area contributed by atoms with Crippen molar-refractivity contribution in [1.82, 2.24) is 4.98 Å². The topological polar surface area (TPSA) is 59.1 Å². The number of aliphatic hydroxyl groups is 1. The molecule has 0 amide bonds. The molecule has 0 aliphatic carbocycles. The summed E-state index contributed by atoms with van der Waals surface area (Å²) in [6.07, 6.45) is 1.82. The summed E-state index contributed by atoms with van der Waals surface area (Å²) in [5, 5.41) is 8.94. The van der Waals surface area contributed by atoms with Crippen LogP contribution in [0.1, 0.15) is 11.3 Å². The minimum Gasteiger partial charge on any atom is -0.392 e. The highest BCUT2D eigenvalue weighted by Gasteiger charge is 1.98. The predicted molar refractivity (Wildman–Crippen MR) is 63.5 cm³/mol. The number of hydrogen-bond acceptors (Lipinski definition) is 3. The lowest BCUT2D eigenvalue weighted by Gasteiger charge is -2.03. The SMILES string of the molecule is NCc1ccc(-c2ccc(CO)cc2)cn1. The minimum atomic E-state index is 0.0740. The van der Waals surface area contributed by atoms with Gasteiger partial charge < -0.3 is 10.8 Å². The van der Waals surface area contributed by atoms with Crippen molar-refractivity contribution in [3.05, 3.63) is 53.9 Å². The average Bonchev–Trinajstić information content (AvgIpc) is 2.39. The van der Waals surface area contributed by atoms with Crippen molar-refractivity contribution >= 4 is 0 Å². The fraction of sp³-hybridized carbons (Fsp3) is 0.154. The first-order valence-corrected chi connectivity index (χ1v) is 5.18. The van der Waals surface area contributed by atoms with Crippen molar-refractivity contribution in [3.8, 4) is 11.1 Å². The van der Waals surface area contributed by atoms with Crippen molar-refractivity contribution in [2.24, 2.45) is 5.73 Å². The molecule has 0 bridgehead atoms. The maximum atomic E-state index is 8.94. The van der Waals surface area contributed by atoms with Crippen LogP contribution in [0.2, 0.25) is 0 Å².